The molecule has 3 rings (SSSR count). The van der Waals surface area contributed by atoms with Crippen molar-refractivity contribution >= 4 is 11.0 Å². The van der Waals surface area contributed by atoms with Crippen LogP contribution in [0.2, 0.25) is 0 Å². The third kappa shape index (κ3) is 2.36. The molecule has 0 atom stereocenters. The number of phenolic OH excluding ortho intramolecular Hbond substituents is 1. The molecule has 0 aliphatic rings. The standard InChI is InChI=1S/C16H12O4/c1-10-8-16(18)20-15-9-13(6-7-14(10)15)19-12-4-2-11(17)3-5-12/h2-9,17H,1H3. The molecule has 0 aliphatic carbocycles. The van der Waals surface area contributed by atoms with Crippen molar-refractivity contribution in [3.05, 3.63) is 64.5 Å². The van der Waals surface area contributed by atoms with Crippen molar-refractivity contribution in [2.24, 2.45) is 0 Å². The fourth-order valence-corrected chi connectivity index (χ4v) is 2.02. The topological polar surface area (TPSA) is 59.7 Å². The van der Waals surface area contributed by atoms with Gasteiger partial charge in [-0.3, -0.25) is 0 Å². The van der Waals surface area contributed by atoms with E-state index in [-0.39, 0.29) is 11.4 Å². The Labute approximate surface area is 114 Å². The number of hydrogen-bond donors (Lipinski definition) is 1. The van der Waals surface area contributed by atoms with Crippen LogP contribution >= 0.6 is 0 Å². The molecule has 4 heteroatoms. The minimum Gasteiger partial charge on any atom is -0.508 e. The van der Waals surface area contributed by atoms with Crippen LogP contribution in [-0.4, -0.2) is 5.11 Å². The van der Waals surface area contributed by atoms with Gasteiger partial charge in [-0.25, -0.2) is 4.79 Å². The van der Waals surface area contributed by atoms with Gasteiger partial charge in [0.1, 0.15) is 22.8 Å². The molecular weight excluding hydrogens is 256 g/mol. The zero-order valence-electron chi connectivity index (χ0n) is 10.8. The highest BCUT2D eigenvalue weighted by Crippen LogP contribution is 2.27. The highest BCUT2D eigenvalue weighted by atomic mass is 16.5. The molecule has 0 saturated heterocycles. The van der Waals surface area contributed by atoms with Gasteiger partial charge in [0, 0.05) is 17.5 Å². The molecule has 3 aromatic rings. The van der Waals surface area contributed by atoms with Gasteiger partial charge in [-0.1, -0.05) is 0 Å². The molecule has 4 nitrogen and oxygen atoms in total. The minimum atomic E-state index is -0.378. The summed E-state index contributed by atoms with van der Waals surface area (Å²) in [5.41, 5.74) is 0.982. The van der Waals surface area contributed by atoms with E-state index in [0.717, 1.165) is 10.9 Å². The summed E-state index contributed by atoms with van der Waals surface area (Å²) >= 11 is 0. The van der Waals surface area contributed by atoms with Crippen molar-refractivity contribution in [2.45, 2.75) is 6.92 Å². The van der Waals surface area contributed by atoms with Crippen LogP contribution in [0.5, 0.6) is 17.2 Å². The van der Waals surface area contributed by atoms with E-state index in [0.29, 0.717) is 17.1 Å². The molecule has 100 valence electrons. The van der Waals surface area contributed by atoms with Gasteiger partial charge in [-0.2, -0.15) is 0 Å². The summed E-state index contributed by atoms with van der Waals surface area (Å²) in [6.45, 7) is 1.86. The van der Waals surface area contributed by atoms with Gasteiger partial charge in [0.15, 0.2) is 0 Å². The Kier molecular flexibility index (Phi) is 2.91. The van der Waals surface area contributed by atoms with Crippen molar-refractivity contribution in [1.82, 2.24) is 0 Å². The molecule has 1 heterocycles. The maximum absolute atomic E-state index is 11.4. The third-order valence-corrected chi connectivity index (χ3v) is 3.00. The van der Waals surface area contributed by atoms with E-state index in [4.69, 9.17) is 9.15 Å². The number of benzene rings is 2. The largest absolute Gasteiger partial charge is 0.508 e. The number of phenols is 1. The second kappa shape index (κ2) is 4.74. The van der Waals surface area contributed by atoms with Crippen LogP contribution in [0.25, 0.3) is 11.0 Å². The Morgan fingerprint density at radius 2 is 1.70 bits per heavy atom. The van der Waals surface area contributed by atoms with Crippen LogP contribution in [0.3, 0.4) is 0 Å². The van der Waals surface area contributed by atoms with Crippen LogP contribution < -0.4 is 10.4 Å². The number of aryl methyl sites for hydroxylation is 1. The summed E-state index contributed by atoms with van der Waals surface area (Å²) in [4.78, 5) is 11.4. The molecule has 1 aromatic heterocycles. The van der Waals surface area contributed by atoms with E-state index in [9.17, 15) is 9.90 Å². The normalized spacial score (nSPS) is 10.7. The zero-order chi connectivity index (χ0) is 14.1. The minimum absolute atomic E-state index is 0.178. The lowest BCUT2D eigenvalue weighted by atomic mass is 10.1. The van der Waals surface area contributed by atoms with Crippen molar-refractivity contribution in [3.63, 3.8) is 0 Å². The maximum atomic E-state index is 11.4. The van der Waals surface area contributed by atoms with Crippen molar-refractivity contribution in [3.8, 4) is 17.2 Å². The Balaban J connectivity index is 2.00. The van der Waals surface area contributed by atoms with E-state index in [2.05, 4.69) is 0 Å². The third-order valence-electron chi connectivity index (χ3n) is 3.00. The molecule has 20 heavy (non-hydrogen) atoms. The van der Waals surface area contributed by atoms with Crippen molar-refractivity contribution in [1.29, 1.82) is 0 Å². The lowest BCUT2D eigenvalue weighted by Crippen LogP contribution is -1.97. The SMILES string of the molecule is Cc1cc(=O)oc2cc(Oc3ccc(O)cc3)ccc12. The van der Waals surface area contributed by atoms with E-state index in [1.54, 1.807) is 30.3 Å². The van der Waals surface area contributed by atoms with Crippen LogP contribution in [0.1, 0.15) is 5.56 Å². The Hall–Kier alpha value is -2.75. The van der Waals surface area contributed by atoms with Gasteiger partial charge in [0.05, 0.1) is 0 Å². The van der Waals surface area contributed by atoms with Gasteiger partial charge in [0.2, 0.25) is 0 Å². The average Bonchev–Trinajstić information content (AvgIpc) is 2.41. The number of ether oxygens (including phenoxy) is 1. The first-order chi connectivity index (χ1) is 9.61. The Morgan fingerprint density at radius 1 is 1.00 bits per heavy atom. The van der Waals surface area contributed by atoms with E-state index in [1.165, 1.54) is 6.07 Å². The number of rotatable bonds is 2. The number of hydrogen-bond acceptors (Lipinski definition) is 4. The summed E-state index contributed by atoms with van der Waals surface area (Å²) in [6.07, 6.45) is 0. The highest BCUT2D eigenvalue weighted by molar-refractivity contribution is 5.81. The number of fused-ring (bicyclic) bond motifs is 1. The first kappa shape index (κ1) is 12.3. The van der Waals surface area contributed by atoms with E-state index in [1.807, 2.05) is 19.1 Å². The van der Waals surface area contributed by atoms with Gasteiger partial charge >= 0.3 is 5.63 Å². The molecule has 0 radical (unpaired) electrons. The highest BCUT2D eigenvalue weighted by Gasteiger charge is 2.05. The first-order valence-corrected chi connectivity index (χ1v) is 6.13. The van der Waals surface area contributed by atoms with Gasteiger partial charge < -0.3 is 14.3 Å². The quantitative estimate of drug-likeness (QED) is 0.721. The lowest BCUT2D eigenvalue weighted by Gasteiger charge is -2.07. The smallest absolute Gasteiger partial charge is 0.336 e. The van der Waals surface area contributed by atoms with Gasteiger partial charge in [-0.15, -0.1) is 0 Å². The average molecular weight is 268 g/mol. The molecule has 1 N–H and O–H groups in total. The lowest BCUT2D eigenvalue weighted by molar-refractivity contribution is 0.463. The molecule has 0 unspecified atom stereocenters. The summed E-state index contributed by atoms with van der Waals surface area (Å²) in [5, 5.41) is 10.1. The predicted octanol–water partition coefficient (Wildman–Crippen LogP) is 3.60. The van der Waals surface area contributed by atoms with Crippen LogP contribution in [0.4, 0.5) is 0 Å². The monoisotopic (exact) mass is 268 g/mol. The molecule has 0 fully saturated rings. The van der Waals surface area contributed by atoms with Crippen LogP contribution in [-0.2, 0) is 0 Å². The van der Waals surface area contributed by atoms with Gasteiger partial charge in [0.25, 0.3) is 0 Å². The zero-order valence-corrected chi connectivity index (χ0v) is 10.8. The van der Waals surface area contributed by atoms with Crippen LogP contribution in [0.15, 0.2) is 57.7 Å². The summed E-state index contributed by atoms with van der Waals surface area (Å²) in [6, 6.07) is 13.2. The van der Waals surface area contributed by atoms with Gasteiger partial charge in [-0.05, 0) is 48.9 Å². The second-order valence-corrected chi connectivity index (χ2v) is 4.50. The predicted molar refractivity (Wildman–Crippen MR) is 75.4 cm³/mol. The van der Waals surface area contributed by atoms with E-state index < -0.39 is 0 Å². The number of aromatic hydroxyl groups is 1. The Bertz CT molecular complexity index is 816. The summed E-state index contributed by atoms with van der Waals surface area (Å²) < 4.78 is 10.8. The van der Waals surface area contributed by atoms with Crippen molar-refractivity contribution < 1.29 is 14.3 Å². The fourth-order valence-electron chi connectivity index (χ4n) is 2.02. The summed E-state index contributed by atoms with van der Waals surface area (Å²) in [5.74, 6) is 1.34. The summed E-state index contributed by atoms with van der Waals surface area (Å²) in [7, 11) is 0. The Morgan fingerprint density at radius 3 is 2.45 bits per heavy atom. The first-order valence-electron chi connectivity index (χ1n) is 6.13. The molecule has 2 aromatic carbocycles. The molecule has 0 saturated carbocycles. The van der Waals surface area contributed by atoms with Crippen molar-refractivity contribution in [2.75, 3.05) is 0 Å². The van der Waals surface area contributed by atoms with Crippen LogP contribution in [0, 0.1) is 6.92 Å². The maximum Gasteiger partial charge on any atom is 0.336 e. The second-order valence-electron chi connectivity index (χ2n) is 4.50. The molecule has 0 spiro atoms. The molecule has 0 bridgehead atoms. The fraction of sp³-hybridized carbons (Fsp3) is 0.0625. The van der Waals surface area contributed by atoms with E-state index >= 15 is 0 Å². The molecular formula is C16H12O4. The molecule has 0 amide bonds. The molecule has 0 aliphatic heterocycles.